The van der Waals surface area contributed by atoms with E-state index in [0.717, 1.165) is 38.2 Å². The van der Waals surface area contributed by atoms with E-state index in [9.17, 15) is 5.11 Å². The van der Waals surface area contributed by atoms with Gasteiger partial charge < -0.3 is 5.11 Å². The Morgan fingerprint density at radius 3 is 2.78 bits per heavy atom. The number of rotatable bonds is 4. The molecular formula is C23H23N3O. The van der Waals surface area contributed by atoms with E-state index < -0.39 is 0 Å². The van der Waals surface area contributed by atoms with E-state index in [1.165, 1.54) is 27.8 Å². The van der Waals surface area contributed by atoms with Gasteiger partial charge in [0.1, 0.15) is 0 Å². The molecule has 2 atom stereocenters. The van der Waals surface area contributed by atoms with Crippen molar-refractivity contribution in [2.45, 2.75) is 25.5 Å². The van der Waals surface area contributed by atoms with E-state index in [0.29, 0.717) is 0 Å². The second-order valence-electron chi connectivity index (χ2n) is 7.75. The number of hydrogen-bond acceptors (Lipinski definition) is 4. The molecule has 3 aromatic rings. The van der Waals surface area contributed by atoms with Crippen LogP contribution in [0.1, 0.15) is 22.4 Å². The van der Waals surface area contributed by atoms with Gasteiger partial charge in [0.05, 0.1) is 11.8 Å². The Labute approximate surface area is 159 Å². The van der Waals surface area contributed by atoms with Crippen molar-refractivity contribution < 1.29 is 5.11 Å². The summed E-state index contributed by atoms with van der Waals surface area (Å²) >= 11 is 0. The SMILES string of the molecule is O[C@@H]1CN(Cc2ccc3c(c2)Cc2ccccc2-3)C[C@H]1Cc1cnccn1. The molecule has 1 aliphatic carbocycles. The van der Waals surface area contributed by atoms with Crippen LogP contribution >= 0.6 is 0 Å². The van der Waals surface area contributed by atoms with Gasteiger partial charge in [-0.2, -0.15) is 0 Å². The molecule has 27 heavy (non-hydrogen) atoms. The van der Waals surface area contributed by atoms with E-state index >= 15 is 0 Å². The zero-order valence-electron chi connectivity index (χ0n) is 15.3. The van der Waals surface area contributed by atoms with Crippen LogP contribution in [0.15, 0.2) is 61.1 Å². The lowest BCUT2D eigenvalue weighted by atomic mass is 10.0. The summed E-state index contributed by atoms with van der Waals surface area (Å²) in [5, 5.41) is 10.5. The maximum Gasteiger partial charge on any atom is 0.0711 e. The van der Waals surface area contributed by atoms with Gasteiger partial charge in [-0.05, 0) is 40.7 Å². The highest BCUT2D eigenvalue weighted by molar-refractivity contribution is 5.76. The van der Waals surface area contributed by atoms with Gasteiger partial charge in [-0.25, -0.2) is 0 Å². The zero-order chi connectivity index (χ0) is 18.2. The average Bonchev–Trinajstić information content (AvgIpc) is 3.22. The molecule has 4 heteroatoms. The zero-order valence-corrected chi connectivity index (χ0v) is 15.3. The molecule has 1 aliphatic heterocycles. The van der Waals surface area contributed by atoms with Gasteiger partial charge in [-0.1, -0.05) is 42.5 Å². The van der Waals surface area contributed by atoms with Crippen LogP contribution in [0.3, 0.4) is 0 Å². The summed E-state index contributed by atoms with van der Waals surface area (Å²) in [6.45, 7) is 2.51. The number of benzene rings is 2. The smallest absolute Gasteiger partial charge is 0.0711 e. The predicted octanol–water partition coefficient (Wildman–Crippen LogP) is 3.08. The van der Waals surface area contributed by atoms with Gasteiger partial charge in [-0.3, -0.25) is 14.9 Å². The molecule has 0 spiro atoms. The van der Waals surface area contributed by atoms with E-state index in [4.69, 9.17) is 0 Å². The normalized spacial score (nSPS) is 21.2. The lowest BCUT2D eigenvalue weighted by Crippen LogP contribution is -2.21. The highest BCUT2D eigenvalue weighted by Gasteiger charge is 2.31. The predicted molar refractivity (Wildman–Crippen MR) is 105 cm³/mol. The first-order valence-electron chi connectivity index (χ1n) is 9.61. The number of aliphatic hydroxyl groups is 1. The molecule has 2 aliphatic rings. The Morgan fingerprint density at radius 1 is 1.00 bits per heavy atom. The van der Waals surface area contributed by atoms with Crippen molar-refractivity contribution in [3.8, 4) is 11.1 Å². The van der Waals surface area contributed by atoms with Crippen LogP contribution in [0.25, 0.3) is 11.1 Å². The number of nitrogens with zero attached hydrogens (tertiary/aromatic N) is 3. The third-order valence-corrected chi connectivity index (χ3v) is 5.83. The Kier molecular flexibility index (Phi) is 4.23. The number of aliphatic hydroxyl groups excluding tert-OH is 1. The Balaban J connectivity index is 1.27. The number of hydrogen-bond donors (Lipinski definition) is 1. The van der Waals surface area contributed by atoms with Gasteiger partial charge in [0.25, 0.3) is 0 Å². The third kappa shape index (κ3) is 3.27. The van der Waals surface area contributed by atoms with Gasteiger partial charge >= 0.3 is 0 Å². The van der Waals surface area contributed by atoms with Gasteiger partial charge in [-0.15, -0.1) is 0 Å². The van der Waals surface area contributed by atoms with E-state index in [1.807, 2.05) is 0 Å². The number of aromatic nitrogens is 2. The van der Waals surface area contributed by atoms with Crippen LogP contribution in [-0.2, 0) is 19.4 Å². The molecule has 1 saturated heterocycles. The molecule has 0 amide bonds. The summed E-state index contributed by atoms with van der Waals surface area (Å²) in [6, 6.07) is 15.5. The highest BCUT2D eigenvalue weighted by atomic mass is 16.3. The summed E-state index contributed by atoms with van der Waals surface area (Å²) in [6.07, 6.45) is 6.71. The minimum atomic E-state index is -0.300. The Morgan fingerprint density at radius 2 is 1.89 bits per heavy atom. The Hall–Kier alpha value is -2.56. The summed E-state index contributed by atoms with van der Waals surface area (Å²) < 4.78 is 0. The largest absolute Gasteiger partial charge is 0.391 e. The molecule has 5 rings (SSSR count). The van der Waals surface area contributed by atoms with Crippen LogP contribution in [-0.4, -0.2) is 39.2 Å². The summed E-state index contributed by atoms with van der Waals surface area (Å²) in [5.41, 5.74) is 7.87. The number of likely N-dealkylation sites (tertiary alicyclic amines) is 1. The molecule has 4 nitrogen and oxygen atoms in total. The number of β-amino-alcohol motifs (C(OH)–C–C–N with tert-alkyl or cyclic N) is 1. The lowest BCUT2D eigenvalue weighted by Gasteiger charge is -2.16. The summed E-state index contributed by atoms with van der Waals surface area (Å²) in [5.74, 6) is 0.223. The maximum atomic E-state index is 10.5. The molecule has 1 fully saturated rings. The second kappa shape index (κ2) is 6.87. The van der Waals surface area contributed by atoms with Crippen molar-refractivity contribution in [1.29, 1.82) is 0 Å². The van der Waals surface area contributed by atoms with E-state index in [1.54, 1.807) is 18.6 Å². The fourth-order valence-corrected chi connectivity index (χ4v) is 4.53. The molecule has 1 N–H and O–H groups in total. The van der Waals surface area contributed by atoms with E-state index in [-0.39, 0.29) is 12.0 Å². The van der Waals surface area contributed by atoms with Crippen molar-refractivity contribution >= 4 is 0 Å². The fourth-order valence-electron chi connectivity index (χ4n) is 4.53. The fraction of sp³-hybridized carbons (Fsp3) is 0.304. The lowest BCUT2D eigenvalue weighted by molar-refractivity contribution is 0.140. The third-order valence-electron chi connectivity index (χ3n) is 5.83. The van der Waals surface area contributed by atoms with Crippen LogP contribution in [0, 0.1) is 5.92 Å². The van der Waals surface area contributed by atoms with Crippen LogP contribution < -0.4 is 0 Å². The van der Waals surface area contributed by atoms with E-state index in [2.05, 4.69) is 57.3 Å². The first kappa shape index (κ1) is 16.6. The minimum Gasteiger partial charge on any atom is -0.391 e. The molecule has 0 radical (unpaired) electrons. The Bertz CT molecular complexity index is 957. The second-order valence-corrected chi connectivity index (χ2v) is 7.75. The molecule has 0 unspecified atom stereocenters. The van der Waals surface area contributed by atoms with Crippen LogP contribution in [0.5, 0.6) is 0 Å². The standard InChI is InChI=1S/C23H23N3O/c27-23-15-26(14-19(23)11-20-12-24-7-8-25-20)13-16-5-6-22-18(9-16)10-17-3-1-2-4-21(17)22/h1-9,12,19,23,27H,10-11,13-15H2/t19-,23-/m1/s1. The maximum absolute atomic E-state index is 10.5. The van der Waals surface area contributed by atoms with Crippen LogP contribution in [0.2, 0.25) is 0 Å². The van der Waals surface area contributed by atoms with Gasteiger partial charge in [0.2, 0.25) is 0 Å². The average molecular weight is 357 g/mol. The molecule has 0 bridgehead atoms. The minimum absolute atomic E-state index is 0.223. The first-order valence-corrected chi connectivity index (χ1v) is 9.61. The van der Waals surface area contributed by atoms with Gasteiger partial charge in [0, 0.05) is 44.1 Å². The molecule has 2 heterocycles. The van der Waals surface area contributed by atoms with Crippen LogP contribution in [0.4, 0.5) is 0 Å². The molecule has 136 valence electrons. The first-order chi connectivity index (χ1) is 13.3. The monoisotopic (exact) mass is 357 g/mol. The van der Waals surface area contributed by atoms with Crippen molar-refractivity contribution in [2.24, 2.45) is 5.92 Å². The van der Waals surface area contributed by atoms with Crippen molar-refractivity contribution in [3.63, 3.8) is 0 Å². The molecule has 1 aromatic heterocycles. The quantitative estimate of drug-likeness (QED) is 0.610. The summed E-state index contributed by atoms with van der Waals surface area (Å²) in [7, 11) is 0. The van der Waals surface area contributed by atoms with Gasteiger partial charge in [0.15, 0.2) is 0 Å². The molecular weight excluding hydrogens is 334 g/mol. The summed E-state index contributed by atoms with van der Waals surface area (Å²) in [4.78, 5) is 10.8. The molecule has 0 saturated carbocycles. The molecule has 2 aromatic carbocycles. The number of fused-ring (bicyclic) bond motifs is 3. The van der Waals surface area contributed by atoms with Crippen molar-refractivity contribution in [2.75, 3.05) is 13.1 Å². The van der Waals surface area contributed by atoms with Crippen molar-refractivity contribution in [1.82, 2.24) is 14.9 Å². The highest BCUT2D eigenvalue weighted by Crippen LogP contribution is 2.37. The topological polar surface area (TPSA) is 49.2 Å². The van der Waals surface area contributed by atoms with Crippen molar-refractivity contribution in [3.05, 3.63) is 83.4 Å².